The molecule has 0 bridgehead atoms. The van der Waals surface area contributed by atoms with Gasteiger partial charge < -0.3 is 10.4 Å². The third kappa shape index (κ3) is 6.74. The Labute approximate surface area is 214 Å². The summed E-state index contributed by atoms with van der Waals surface area (Å²) in [5.41, 5.74) is 0.792. The number of anilines is 2. The Balaban J connectivity index is 1.25. The highest BCUT2D eigenvalue weighted by atomic mass is 35.5. The first-order valence-corrected chi connectivity index (χ1v) is 14.3. The number of nitrogens with one attached hydrogen (secondary N) is 2. The Morgan fingerprint density at radius 3 is 2.76 bits per heavy atom. The molecule has 1 aromatic heterocycles. The molecule has 3 atom stereocenters. The van der Waals surface area contributed by atoms with Crippen LogP contribution in [-0.4, -0.2) is 49.3 Å². The van der Waals surface area contributed by atoms with Crippen molar-refractivity contribution in [3.8, 4) is 0 Å². The molecule has 1 unspecified atom stereocenters. The normalized spacial score (nSPS) is 22.6. The molecular weight excluding hydrogens is 515 g/mol. The van der Waals surface area contributed by atoms with E-state index in [4.69, 9.17) is 23.2 Å². The molecule has 11 heteroatoms. The lowest BCUT2D eigenvalue weighted by Crippen LogP contribution is -2.45. The van der Waals surface area contributed by atoms with Crippen molar-refractivity contribution in [3.63, 3.8) is 0 Å². The van der Waals surface area contributed by atoms with E-state index >= 15 is 0 Å². The van der Waals surface area contributed by atoms with Gasteiger partial charge in [-0.1, -0.05) is 29.3 Å². The minimum Gasteiger partial charge on any atom is -0.385 e. The van der Waals surface area contributed by atoms with Crippen molar-refractivity contribution in [1.82, 2.24) is 9.88 Å². The van der Waals surface area contributed by atoms with E-state index in [1.54, 1.807) is 41.9 Å². The fraction of sp³-hybridized carbons (Fsp3) is 0.435. The second-order valence-electron chi connectivity index (χ2n) is 8.57. The van der Waals surface area contributed by atoms with E-state index in [0.29, 0.717) is 35.0 Å². The summed E-state index contributed by atoms with van der Waals surface area (Å²) in [5, 5.41) is 17.5. The van der Waals surface area contributed by atoms with Gasteiger partial charge in [-0.3, -0.25) is 9.62 Å². The Hall–Kier alpha value is -1.62. The summed E-state index contributed by atoms with van der Waals surface area (Å²) in [6.07, 6.45) is 8.38. The van der Waals surface area contributed by atoms with Crippen LogP contribution in [-0.2, 0) is 10.0 Å². The lowest BCUT2D eigenvalue weighted by molar-refractivity contribution is -0.0295. The van der Waals surface area contributed by atoms with Crippen LogP contribution in [0, 0.1) is 11.8 Å². The van der Waals surface area contributed by atoms with Crippen LogP contribution in [0.5, 0.6) is 0 Å². The van der Waals surface area contributed by atoms with Crippen LogP contribution >= 0.6 is 34.5 Å². The summed E-state index contributed by atoms with van der Waals surface area (Å²) in [4.78, 5) is 6.24. The zero-order chi connectivity index (χ0) is 24.1. The quantitative estimate of drug-likeness (QED) is 0.410. The average molecular weight is 544 g/mol. The number of halogens is 2. The van der Waals surface area contributed by atoms with Crippen molar-refractivity contribution >= 4 is 55.4 Å². The number of aliphatic hydroxyl groups excluding tert-OH is 1. The molecule has 2 aromatic rings. The number of likely N-dealkylation sites (tertiary alicyclic amines) is 1. The molecule has 0 radical (unpaired) electrons. The summed E-state index contributed by atoms with van der Waals surface area (Å²) in [6.45, 7) is 2.24. The van der Waals surface area contributed by atoms with Crippen LogP contribution in [0.25, 0.3) is 0 Å². The molecule has 0 amide bonds. The smallest absolute Gasteiger partial charge is 0.263 e. The maximum atomic E-state index is 12.4. The molecule has 1 aromatic carbocycles. The first-order valence-electron chi connectivity index (χ1n) is 11.2. The van der Waals surface area contributed by atoms with Gasteiger partial charge in [-0.15, -0.1) is 11.3 Å². The SMILES string of the molecule is O=S(=O)(Nc1nccs1)c1ccc(NCC[C@@H](O)N2CCC[C@@H](C3C=C(Cl)C=C(Cl)C3)C2)cc1. The van der Waals surface area contributed by atoms with Crippen LogP contribution in [0.2, 0.25) is 0 Å². The summed E-state index contributed by atoms with van der Waals surface area (Å²) < 4.78 is 27.3. The number of piperidine rings is 1. The minimum absolute atomic E-state index is 0.166. The molecule has 0 saturated carbocycles. The number of aromatic nitrogens is 1. The Kier molecular flexibility index (Phi) is 8.55. The Morgan fingerprint density at radius 2 is 2.06 bits per heavy atom. The average Bonchev–Trinajstić information content (AvgIpc) is 3.31. The van der Waals surface area contributed by atoms with Crippen molar-refractivity contribution < 1.29 is 13.5 Å². The van der Waals surface area contributed by atoms with Gasteiger partial charge >= 0.3 is 0 Å². The van der Waals surface area contributed by atoms with Crippen molar-refractivity contribution in [2.24, 2.45) is 11.8 Å². The summed E-state index contributed by atoms with van der Waals surface area (Å²) in [7, 11) is -3.67. The van der Waals surface area contributed by atoms with Gasteiger partial charge in [0.15, 0.2) is 5.13 Å². The van der Waals surface area contributed by atoms with Crippen molar-refractivity contribution in [2.45, 2.75) is 36.8 Å². The molecule has 34 heavy (non-hydrogen) atoms. The summed E-state index contributed by atoms with van der Waals surface area (Å²) >= 11 is 13.7. The number of aliphatic hydroxyl groups is 1. The van der Waals surface area contributed by atoms with Gasteiger partial charge in [-0.25, -0.2) is 13.4 Å². The number of nitrogens with zero attached hydrogens (tertiary/aromatic N) is 2. The lowest BCUT2D eigenvalue weighted by Gasteiger charge is -2.39. The zero-order valence-corrected chi connectivity index (χ0v) is 21.7. The summed E-state index contributed by atoms with van der Waals surface area (Å²) in [5.74, 6) is 0.720. The first kappa shape index (κ1) is 25.5. The molecule has 4 rings (SSSR count). The van der Waals surface area contributed by atoms with Crippen LogP contribution in [0.1, 0.15) is 25.7 Å². The highest BCUT2D eigenvalue weighted by Crippen LogP contribution is 2.36. The van der Waals surface area contributed by atoms with E-state index in [1.807, 2.05) is 0 Å². The van der Waals surface area contributed by atoms with Crippen LogP contribution < -0.4 is 10.0 Å². The predicted octanol–water partition coefficient (Wildman–Crippen LogP) is 5.04. The van der Waals surface area contributed by atoms with Crippen molar-refractivity contribution in [3.05, 3.63) is 58.1 Å². The number of rotatable bonds is 9. The van der Waals surface area contributed by atoms with Crippen LogP contribution in [0.15, 0.2) is 63.0 Å². The van der Waals surface area contributed by atoms with E-state index in [1.165, 1.54) is 11.3 Å². The Bertz CT molecular complexity index is 1120. The first-order chi connectivity index (χ1) is 16.3. The number of sulfonamides is 1. The van der Waals surface area contributed by atoms with Crippen LogP contribution in [0.3, 0.4) is 0 Å². The molecule has 1 aliphatic heterocycles. The van der Waals surface area contributed by atoms with E-state index in [9.17, 15) is 13.5 Å². The van der Waals surface area contributed by atoms with E-state index in [2.05, 4.69) is 26.0 Å². The number of benzene rings is 1. The van der Waals surface area contributed by atoms with Gasteiger partial charge in [0.05, 0.1) is 4.90 Å². The van der Waals surface area contributed by atoms with Gasteiger partial charge in [0.25, 0.3) is 10.0 Å². The fourth-order valence-electron chi connectivity index (χ4n) is 4.44. The lowest BCUT2D eigenvalue weighted by atomic mass is 9.81. The predicted molar refractivity (Wildman–Crippen MR) is 139 cm³/mol. The maximum Gasteiger partial charge on any atom is 0.263 e. The molecule has 2 heterocycles. The number of allylic oxidation sites excluding steroid dienone is 4. The highest BCUT2D eigenvalue weighted by molar-refractivity contribution is 7.93. The minimum atomic E-state index is -3.67. The largest absolute Gasteiger partial charge is 0.385 e. The molecule has 1 aliphatic carbocycles. The molecule has 1 fully saturated rings. The van der Waals surface area contributed by atoms with Gasteiger partial charge in [-0.05, 0) is 61.4 Å². The molecule has 3 N–H and O–H groups in total. The summed E-state index contributed by atoms with van der Waals surface area (Å²) in [6, 6.07) is 6.53. The maximum absolute atomic E-state index is 12.4. The van der Waals surface area contributed by atoms with Gasteiger partial charge in [0.2, 0.25) is 0 Å². The van der Waals surface area contributed by atoms with Gasteiger partial charge in [-0.2, -0.15) is 0 Å². The van der Waals surface area contributed by atoms with E-state index < -0.39 is 16.3 Å². The standard InChI is InChI=1S/C23H28Cl2N4O3S2/c24-18-12-17(13-19(25)14-18)16-2-1-10-29(15-16)22(30)7-8-26-20-3-5-21(6-4-20)34(31,32)28-23-27-9-11-33-23/h3-6,9,11-12,14,16-17,22,26,30H,1-2,7-8,10,13,15H2,(H,27,28)/t16-,17?,22-/m1/s1. The third-order valence-corrected chi connectivity index (χ3v) is 8.84. The van der Waals surface area contributed by atoms with Crippen molar-refractivity contribution in [2.75, 3.05) is 29.7 Å². The molecule has 1 saturated heterocycles. The van der Waals surface area contributed by atoms with Gasteiger partial charge in [0.1, 0.15) is 6.23 Å². The molecule has 7 nitrogen and oxygen atoms in total. The highest BCUT2D eigenvalue weighted by Gasteiger charge is 2.30. The Morgan fingerprint density at radius 1 is 1.26 bits per heavy atom. The molecule has 0 spiro atoms. The fourth-order valence-corrected chi connectivity index (χ4v) is 6.87. The molecule has 184 valence electrons. The number of hydrogen-bond acceptors (Lipinski definition) is 7. The van der Waals surface area contributed by atoms with E-state index in [-0.39, 0.29) is 4.90 Å². The second-order valence-corrected chi connectivity index (χ2v) is 12.1. The molecular formula is C23H28Cl2N4O3S2. The second kappa shape index (κ2) is 11.4. The topological polar surface area (TPSA) is 94.6 Å². The third-order valence-electron chi connectivity index (χ3n) is 6.17. The zero-order valence-electron chi connectivity index (χ0n) is 18.5. The van der Waals surface area contributed by atoms with Gasteiger partial charge in [0, 0.05) is 53.4 Å². The van der Waals surface area contributed by atoms with E-state index in [0.717, 1.165) is 43.1 Å². The number of thiazole rings is 1. The van der Waals surface area contributed by atoms with Crippen molar-refractivity contribution in [1.29, 1.82) is 0 Å². The monoisotopic (exact) mass is 542 g/mol. The number of hydrogen-bond donors (Lipinski definition) is 3. The molecule has 2 aliphatic rings. The van der Waals surface area contributed by atoms with Crippen LogP contribution in [0.4, 0.5) is 10.8 Å².